The van der Waals surface area contributed by atoms with Crippen LogP contribution in [0.25, 0.3) is 10.8 Å². The standard InChI is InChI=1S/C16H18N2O6S2/c1-10-12(18-16(24-10)13-3-2-5-25-13)7-15(20)23-8-14(19)17-11-4-6-26(21,22)9-11/h2-3,5,11H,4,6-9H2,1H3,(H,17,19). The molecule has 1 atom stereocenters. The largest absolute Gasteiger partial charge is 0.455 e. The van der Waals surface area contributed by atoms with E-state index in [9.17, 15) is 18.0 Å². The van der Waals surface area contributed by atoms with E-state index in [1.165, 1.54) is 11.3 Å². The molecule has 0 bridgehead atoms. The zero-order valence-electron chi connectivity index (χ0n) is 14.1. The molecule has 0 aromatic carbocycles. The quantitative estimate of drug-likeness (QED) is 0.725. The summed E-state index contributed by atoms with van der Waals surface area (Å²) < 4.78 is 33.2. The third-order valence-electron chi connectivity index (χ3n) is 3.90. The number of hydrogen-bond acceptors (Lipinski definition) is 8. The first-order chi connectivity index (χ1) is 12.3. The molecule has 1 fully saturated rings. The Balaban J connectivity index is 1.48. The van der Waals surface area contributed by atoms with Gasteiger partial charge in [0.15, 0.2) is 16.4 Å². The van der Waals surface area contributed by atoms with Crippen LogP contribution in [0.2, 0.25) is 0 Å². The molecule has 140 valence electrons. The van der Waals surface area contributed by atoms with Crippen LogP contribution in [0.15, 0.2) is 21.9 Å². The second kappa shape index (κ2) is 7.58. The van der Waals surface area contributed by atoms with Gasteiger partial charge in [-0.3, -0.25) is 9.59 Å². The monoisotopic (exact) mass is 398 g/mol. The number of oxazole rings is 1. The molecule has 0 saturated carbocycles. The number of nitrogens with one attached hydrogen (secondary N) is 1. The molecule has 10 heteroatoms. The van der Waals surface area contributed by atoms with Crippen LogP contribution in [0.1, 0.15) is 17.9 Å². The number of thiophene rings is 1. The first kappa shape index (κ1) is 18.6. The Labute approximate surface area is 154 Å². The number of nitrogens with zero attached hydrogens (tertiary/aromatic N) is 1. The Morgan fingerprint density at radius 3 is 2.92 bits per heavy atom. The molecule has 8 nitrogen and oxygen atoms in total. The van der Waals surface area contributed by atoms with E-state index < -0.39 is 34.4 Å². The molecule has 1 aliphatic heterocycles. The van der Waals surface area contributed by atoms with Crippen LogP contribution in [-0.4, -0.2) is 49.4 Å². The summed E-state index contributed by atoms with van der Waals surface area (Å²) in [4.78, 5) is 28.9. The Bertz CT molecular complexity index is 901. The van der Waals surface area contributed by atoms with Crippen molar-refractivity contribution in [3.8, 4) is 10.8 Å². The number of rotatable bonds is 6. The normalized spacial score (nSPS) is 18.6. The highest BCUT2D eigenvalue weighted by Crippen LogP contribution is 2.26. The molecule has 3 rings (SSSR count). The summed E-state index contributed by atoms with van der Waals surface area (Å²) in [5, 5.41) is 4.46. The number of sulfone groups is 1. The summed E-state index contributed by atoms with van der Waals surface area (Å²) in [5.74, 6) is -0.164. The predicted octanol–water partition coefficient (Wildman–Crippen LogP) is 1.10. The fourth-order valence-corrected chi connectivity index (χ4v) is 4.93. The molecular weight excluding hydrogens is 380 g/mol. The highest BCUT2D eigenvalue weighted by molar-refractivity contribution is 7.91. The molecule has 1 N–H and O–H groups in total. The first-order valence-electron chi connectivity index (χ1n) is 7.98. The average molecular weight is 398 g/mol. The van der Waals surface area contributed by atoms with Gasteiger partial charge < -0.3 is 14.5 Å². The highest BCUT2D eigenvalue weighted by atomic mass is 32.2. The molecule has 2 aromatic rings. The van der Waals surface area contributed by atoms with Crippen LogP contribution >= 0.6 is 11.3 Å². The van der Waals surface area contributed by atoms with Crippen LogP contribution in [0.3, 0.4) is 0 Å². The number of ether oxygens (including phenoxy) is 1. The van der Waals surface area contributed by atoms with Crippen molar-refractivity contribution in [2.24, 2.45) is 0 Å². The number of carbonyl (C=O) groups is 2. The summed E-state index contributed by atoms with van der Waals surface area (Å²) in [5.41, 5.74) is 0.459. The van der Waals surface area contributed by atoms with Crippen LogP contribution in [0, 0.1) is 6.92 Å². The van der Waals surface area contributed by atoms with E-state index in [2.05, 4.69) is 10.3 Å². The zero-order chi connectivity index (χ0) is 18.7. The number of aryl methyl sites for hydroxylation is 1. The molecule has 1 unspecified atom stereocenters. The minimum Gasteiger partial charge on any atom is -0.455 e. The van der Waals surface area contributed by atoms with Crippen molar-refractivity contribution in [2.75, 3.05) is 18.1 Å². The Kier molecular flexibility index (Phi) is 5.42. The number of carbonyl (C=O) groups excluding carboxylic acids is 2. The maximum absolute atomic E-state index is 11.9. The molecule has 1 aliphatic rings. The van der Waals surface area contributed by atoms with Gasteiger partial charge in [0, 0.05) is 6.04 Å². The molecule has 1 amide bonds. The third kappa shape index (κ3) is 4.70. The van der Waals surface area contributed by atoms with Crippen molar-refractivity contribution in [1.29, 1.82) is 0 Å². The smallest absolute Gasteiger partial charge is 0.312 e. The van der Waals surface area contributed by atoms with E-state index in [0.717, 1.165) is 4.88 Å². The van der Waals surface area contributed by atoms with Crippen molar-refractivity contribution in [3.05, 3.63) is 29.0 Å². The fourth-order valence-electron chi connectivity index (χ4n) is 2.61. The van der Waals surface area contributed by atoms with E-state index in [1.807, 2.05) is 17.5 Å². The third-order valence-corrected chi connectivity index (χ3v) is 6.52. The Hall–Kier alpha value is -2.20. The minimum atomic E-state index is -3.07. The Morgan fingerprint density at radius 2 is 2.27 bits per heavy atom. The molecule has 3 heterocycles. The summed E-state index contributed by atoms with van der Waals surface area (Å²) in [7, 11) is -3.07. The van der Waals surface area contributed by atoms with Gasteiger partial charge >= 0.3 is 5.97 Å². The number of aromatic nitrogens is 1. The van der Waals surface area contributed by atoms with E-state index in [1.54, 1.807) is 6.92 Å². The van der Waals surface area contributed by atoms with Gasteiger partial charge in [-0.1, -0.05) is 6.07 Å². The second-order valence-corrected chi connectivity index (χ2v) is 9.18. The van der Waals surface area contributed by atoms with E-state index in [0.29, 0.717) is 23.8 Å². The molecule has 26 heavy (non-hydrogen) atoms. The van der Waals surface area contributed by atoms with Gasteiger partial charge in [-0.2, -0.15) is 0 Å². The van der Waals surface area contributed by atoms with Gasteiger partial charge in [0.2, 0.25) is 5.89 Å². The lowest BCUT2D eigenvalue weighted by Gasteiger charge is -2.10. The van der Waals surface area contributed by atoms with Gasteiger partial charge in [0.25, 0.3) is 5.91 Å². The number of esters is 1. The summed E-state index contributed by atoms with van der Waals surface area (Å²) in [6.45, 7) is 1.25. The van der Waals surface area contributed by atoms with Crippen LogP contribution < -0.4 is 5.32 Å². The van der Waals surface area contributed by atoms with Gasteiger partial charge in [-0.15, -0.1) is 11.3 Å². The minimum absolute atomic E-state index is 0.0652. The van der Waals surface area contributed by atoms with Crippen LogP contribution in [-0.2, 0) is 30.6 Å². The molecule has 2 aromatic heterocycles. The highest BCUT2D eigenvalue weighted by Gasteiger charge is 2.29. The van der Waals surface area contributed by atoms with Crippen LogP contribution in [0.4, 0.5) is 0 Å². The van der Waals surface area contributed by atoms with Gasteiger partial charge in [0.1, 0.15) is 5.76 Å². The lowest BCUT2D eigenvalue weighted by Crippen LogP contribution is -2.38. The fraction of sp³-hybridized carbons (Fsp3) is 0.438. The van der Waals surface area contributed by atoms with Crippen LogP contribution in [0.5, 0.6) is 0 Å². The van der Waals surface area contributed by atoms with Crippen molar-refractivity contribution in [2.45, 2.75) is 25.8 Å². The predicted molar refractivity (Wildman–Crippen MR) is 94.4 cm³/mol. The van der Waals surface area contributed by atoms with Gasteiger partial charge in [0.05, 0.1) is 28.5 Å². The van der Waals surface area contributed by atoms with E-state index >= 15 is 0 Å². The van der Waals surface area contributed by atoms with Gasteiger partial charge in [-0.25, -0.2) is 13.4 Å². The average Bonchev–Trinajstić information content (AvgIpc) is 3.27. The summed E-state index contributed by atoms with van der Waals surface area (Å²) in [6.07, 6.45) is 0.275. The lowest BCUT2D eigenvalue weighted by molar-refractivity contribution is -0.148. The molecule has 0 radical (unpaired) electrons. The molecule has 0 aliphatic carbocycles. The Morgan fingerprint density at radius 1 is 1.46 bits per heavy atom. The maximum Gasteiger partial charge on any atom is 0.312 e. The number of hydrogen-bond donors (Lipinski definition) is 1. The van der Waals surface area contributed by atoms with Crippen molar-refractivity contribution in [1.82, 2.24) is 10.3 Å². The van der Waals surface area contributed by atoms with E-state index in [4.69, 9.17) is 9.15 Å². The number of amides is 1. The molecular formula is C16H18N2O6S2. The van der Waals surface area contributed by atoms with Crippen molar-refractivity contribution < 1.29 is 27.2 Å². The maximum atomic E-state index is 11.9. The van der Waals surface area contributed by atoms with Crippen molar-refractivity contribution in [3.63, 3.8) is 0 Å². The SMILES string of the molecule is Cc1oc(-c2cccs2)nc1CC(=O)OCC(=O)NC1CCS(=O)(=O)C1. The van der Waals surface area contributed by atoms with Gasteiger partial charge in [-0.05, 0) is 24.8 Å². The first-order valence-corrected chi connectivity index (χ1v) is 10.7. The van der Waals surface area contributed by atoms with E-state index in [-0.39, 0.29) is 17.9 Å². The topological polar surface area (TPSA) is 116 Å². The molecule has 1 saturated heterocycles. The summed E-state index contributed by atoms with van der Waals surface area (Å²) >= 11 is 1.48. The summed E-state index contributed by atoms with van der Waals surface area (Å²) in [6, 6.07) is 3.32. The molecule has 0 spiro atoms. The zero-order valence-corrected chi connectivity index (χ0v) is 15.7. The lowest BCUT2D eigenvalue weighted by atomic mass is 10.2. The second-order valence-electron chi connectivity index (χ2n) is 6.00. The van der Waals surface area contributed by atoms with Crippen molar-refractivity contribution >= 4 is 33.1 Å².